The van der Waals surface area contributed by atoms with E-state index in [0.717, 1.165) is 16.7 Å². The highest BCUT2D eigenvalue weighted by atomic mass is 35.5. The number of carbonyl (C=O) groups is 1. The fourth-order valence-electron chi connectivity index (χ4n) is 2.67. The summed E-state index contributed by atoms with van der Waals surface area (Å²) >= 11 is 6.36. The number of benzene rings is 1. The van der Waals surface area contributed by atoms with Crippen molar-refractivity contribution in [1.29, 1.82) is 0 Å². The van der Waals surface area contributed by atoms with Crippen molar-refractivity contribution in [3.63, 3.8) is 0 Å². The zero-order valence-corrected chi connectivity index (χ0v) is 16.2. The van der Waals surface area contributed by atoms with Gasteiger partial charge in [-0.3, -0.25) is 9.78 Å². The van der Waals surface area contributed by atoms with E-state index in [4.69, 9.17) is 11.6 Å². The van der Waals surface area contributed by atoms with Crippen molar-refractivity contribution >= 4 is 40.9 Å². The molecule has 29 heavy (non-hydrogen) atoms. The van der Waals surface area contributed by atoms with Crippen molar-refractivity contribution in [2.24, 2.45) is 0 Å². The molecule has 0 unspecified atom stereocenters. The third-order valence-electron chi connectivity index (χ3n) is 3.95. The van der Waals surface area contributed by atoms with Gasteiger partial charge in [0.2, 0.25) is 12.4 Å². The number of nitrogens with one attached hydrogen (secondary N) is 2. The molecule has 2 heterocycles. The van der Waals surface area contributed by atoms with Gasteiger partial charge in [0.05, 0.1) is 40.7 Å². The number of allylic oxidation sites excluding steroid dienone is 4. The third-order valence-corrected chi connectivity index (χ3v) is 4.23. The summed E-state index contributed by atoms with van der Waals surface area (Å²) in [6.07, 6.45) is 10.6. The van der Waals surface area contributed by atoms with Crippen molar-refractivity contribution in [2.45, 2.75) is 0 Å². The van der Waals surface area contributed by atoms with Crippen LogP contribution in [-0.4, -0.2) is 21.4 Å². The van der Waals surface area contributed by atoms with Gasteiger partial charge in [-0.2, -0.15) is 0 Å². The molecule has 2 aromatic heterocycles. The van der Waals surface area contributed by atoms with E-state index in [0.29, 0.717) is 34.4 Å². The first-order chi connectivity index (χ1) is 14.1. The van der Waals surface area contributed by atoms with Gasteiger partial charge < -0.3 is 10.6 Å². The Kier molecular flexibility index (Phi) is 6.50. The van der Waals surface area contributed by atoms with E-state index in [1.165, 1.54) is 12.4 Å². The average molecular weight is 404 g/mol. The Morgan fingerprint density at radius 1 is 1.10 bits per heavy atom. The second kappa shape index (κ2) is 9.43. The maximum atomic E-state index is 10.6. The summed E-state index contributed by atoms with van der Waals surface area (Å²) in [6, 6.07) is 9.52. The van der Waals surface area contributed by atoms with Crippen LogP contribution in [-0.2, 0) is 4.79 Å². The zero-order valence-electron chi connectivity index (χ0n) is 15.5. The highest BCUT2D eigenvalue weighted by Gasteiger charge is 2.10. The lowest BCUT2D eigenvalue weighted by Crippen LogP contribution is -2.01. The fourth-order valence-corrected chi connectivity index (χ4v) is 2.87. The minimum absolute atomic E-state index is 0.352. The van der Waals surface area contributed by atoms with E-state index in [-0.39, 0.29) is 0 Å². The summed E-state index contributed by atoms with van der Waals surface area (Å²) in [7, 11) is 0. The third kappa shape index (κ3) is 4.94. The number of aromatic nitrogens is 3. The molecule has 0 saturated carbocycles. The molecule has 7 heteroatoms. The van der Waals surface area contributed by atoms with Crippen LogP contribution in [0, 0.1) is 0 Å². The first-order valence-electron chi connectivity index (χ1n) is 8.65. The Hall–Kier alpha value is -3.77. The normalized spacial score (nSPS) is 10.9. The Bertz CT molecular complexity index is 1090. The minimum Gasteiger partial charge on any atom is -0.327 e. The van der Waals surface area contributed by atoms with E-state index in [1.54, 1.807) is 24.4 Å². The SMILES string of the molecule is C=C/C=C(\C=C)c1cccc(-c2nc(Nc3cncc(NC=O)c3)ncc2Cl)c1. The van der Waals surface area contributed by atoms with Crippen LogP contribution >= 0.6 is 11.6 Å². The summed E-state index contributed by atoms with van der Waals surface area (Å²) in [4.78, 5) is 23.4. The molecule has 2 N–H and O–H groups in total. The average Bonchev–Trinajstić information content (AvgIpc) is 2.74. The Balaban J connectivity index is 1.95. The largest absolute Gasteiger partial charge is 0.327 e. The molecule has 0 aliphatic heterocycles. The highest BCUT2D eigenvalue weighted by Crippen LogP contribution is 2.29. The van der Waals surface area contributed by atoms with Crippen LogP contribution in [0.15, 0.2) is 80.3 Å². The molecule has 3 aromatic rings. The van der Waals surface area contributed by atoms with Gasteiger partial charge in [0.1, 0.15) is 0 Å². The van der Waals surface area contributed by atoms with Crippen molar-refractivity contribution < 1.29 is 4.79 Å². The minimum atomic E-state index is 0.352. The van der Waals surface area contributed by atoms with Gasteiger partial charge in [-0.1, -0.05) is 61.2 Å². The van der Waals surface area contributed by atoms with Gasteiger partial charge in [0.15, 0.2) is 0 Å². The van der Waals surface area contributed by atoms with Crippen molar-refractivity contribution in [1.82, 2.24) is 15.0 Å². The van der Waals surface area contributed by atoms with Crippen molar-refractivity contribution in [3.05, 3.63) is 90.9 Å². The number of carbonyl (C=O) groups excluding carboxylic acids is 1. The number of pyridine rings is 1. The maximum absolute atomic E-state index is 10.6. The first-order valence-corrected chi connectivity index (χ1v) is 9.03. The number of anilines is 3. The molecule has 0 bridgehead atoms. The molecule has 144 valence electrons. The summed E-state index contributed by atoms with van der Waals surface area (Å²) in [5, 5.41) is 6.04. The Morgan fingerprint density at radius 2 is 1.93 bits per heavy atom. The van der Waals surface area contributed by atoms with Crippen LogP contribution in [0.5, 0.6) is 0 Å². The second-order valence-electron chi connectivity index (χ2n) is 5.88. The predicted octanol–water partition coefficient (Wildman–Crippen LogP) is 5.26. The van der Waals surface area contributed by atoms with Crippen LogP contribution in [0.2, 0.25) is 5.02 Å². The van der Waals surface area contributed by atoms with Gasteiger partial charge in [0.25, 0.3) is 0 Å². The number of hydrogen-bond acceptors (Lipinski definition) is 5. The standard InChI is InChI=1S/C22H18ClN5O/c1-3-6-15(4-2)16-7-5-8-17(9-16)21-20(23)13-25-22(28-21)27-19-10-18(26-14-29)11-24-12-19/h3-14H,1-2H2,(H,26,29)(H,25,27,28)/b15-6+. The number of halogens is 1. The van der Waals surface area contributed by atoms with Crippen LogP contribution in [0.3, 0.4) is 0 Å². The predicted molar refractivity (Wildman–Crippen MR) is 118 cm³/mol. The lowest BCUT2D eigenvalue weighted by atomic mass is 10.0. The van der Waals surface area contributed by atoms with Gasteiger partial charge in [-0.05, 0) is 23.3 Å². The molecule has 0 aliphatic rings. The summed E-state index contributed by atoms with van der Waals surface area (Å²) < 4.78 is 0. The van der Waals surface area contributed by atoms with Crippen LogP contribution in [0.1, 0.15) is 5.56 Å². The zero-order chi connectivity index (χ0) is 20.6. The number of hydrogen-bond donors (Lipinski definition) is 2. The smallest absolute Gasteiger partial charge is 0.227 e. The number of amides is 1. The van der Waals surface area contributed by atoms with Gasteiger partial charge in [0, 0.05) is 5.56 Å². The summed E-state index contributed by atoms with van der Waals surface area (Å²) in [6.45, 7) is 7.58. The summed E-state index contributed by atoms with van der Waals surface area (Å²) in [5.41, 5.74) is 4.52. The van der Waals surface area contributed by atoms with Crippen LogP contribution in [0.25, 0.3) is 16.8 Å². The number of nitrogens with zero attached hydrogens (tertiary/aromatic N) is 3. The van der Waals surface area contributed by atoms with Crippen molar-refractivity contribution in [2.75, 3.05) is 10.6 Å². The Morgan fingerprint density at radius 3 is 2.69 bits per heavy atom. The van der Waals surface area contributed by atoms with Crippen LogP contribution < -0.4 is 10.6 Å². The molecule has 3 rings (SSSR count). The van der Waals surface area contributed by atoms with Crippen molar-refractivity contribution in [3.8, 4) is 11.3 Å². The molecule has 0 atom stereocenters. The van der Waals surface area contributed by atoms with Gasteiger partial charge in [-0.15, -0.1) is 0 Å². The van der Waals surface area contributed by atoms with Crippen LogP contribution in [0.4, 0.5) is 17.3 Å². The van der Waals surface area contributed by atoms with E-state index >= 15 is 0 Å². The lowest BCUT2D eigenvalue weighted by Gasteiger charge is -2.10. The van der Waals surface area contributed by atoms with E-state index in [9.17, 15) is 4.79 Å². The molecular weight excluding hydrogens is 386 g/mol. The number of rotatable bonds is 8. The molecule has 0 spiro atoms. The molecule has 1 amide bonds. The van der Waals surface area contributed by atoms with E-state index in [2.05, 4.69) is 38.7 Å². The molecular formula is C22H18ClN5O. The topological polar surface area (TPSA) is 79.8 Å². The lowest BCUT2D eigenvalue weighted by molar-refractivity contribution is -0.105. The Labute approximate surface area is 173 Å². The van der Waals surface area contributed by atoms with Gasteiger partial charge >= 0.3 is 0 Å². The second-order valence-corrected chi connectivity index (χ2v) is 6.29. The maximum Gasteiger partial charge on any atom is 0.227 e. The fraction of sp³-hybridized carbons (Fsp3) is 0. The monoisotopic (exact) mass is 403 g/mol. The van der Waals surface area contributed by atoms with E-state index < -0.39 is 0 Å². The molecule has 1 aromatic carbocycles. The van der Waals surface area contributed by atoms with Gasteiger partial charge in [-0.25, -0.2) is 9.97 Å². The highest BCUT2D eigenvalue weighted by molar-refractivity contribution is 6.32. The summed E-state index contributed by atoms with van der Waals surface area (Å²) in [5.74, 6) is 0.352. The molecule has 0 aliphatic carbocycles. The van der Waals surface area contributed by atoms with E-state index in [1.807, 2.05) is 30.3 Å². The molecule has 0 fully saturated rings. The molecule has 6 nitrogen and oxygen atoms in total. The molecule has 0 saturated heterocycles. The quantitative estimate of drug-likeness (QED) is 0.396. The first kappa shape index (κ1) is 20.0. The molecule has 0 radical (unpaired) electrons.